The Bertz CT molecular complexity index is 516. The fraction of sp³-hybridized carbons (Fsp3) is 0.429. The number of nitrogen functional groups attached to an aromatic ring is 1. The van der Waals surface area contributed by atoms with Crippen LogP contribution in [0.2, 0.25) is 0 Å². The lowest BCUT2D eigenvalue weighted by Crippen LogP contribution is -2.45. The van der Waals surface area contributed by atoms with E-state index >= 15 is 0 Å². The third kappa shape index (κ3) is 3.20. The Morgan fingerprint density at radius 3 is 3.00 bits per heavy atom. The molecule has 0 aliphatic carbocycles. The van der Waals surface area contributed by atoms with Crippen LogP contribution < -0.4 is 21.1 Å². The summed E-state index contributed by atoms with van der Waals surface area (Å²) in [6.07, 6.45) is 2.47. The molecule has 2 amide bonds. The van der Waals surface area contributed by atoms with Crippen molar-refractivity contribution in [3.05, 3.63) is 23.8 Å². The van der Waals surface area contributed by atoms with Crippen molar-refractivity contribution in [2.24, 2.45) is 0 Å². The SMILES string of the molecule is COc1ccc(N)c(C(=O)NC2CCCCNC2=O)c1. The van der Waals surface area contributed by atoms with Gasteiger partial charge in [0, 0.05) is 12.2 Å². The molecular formula is C14H19N3O3. The van der Waals surface area contributed by atoms with E-state index in [1.807, 2.05) is 0 Å². The smallest absolute Gasteiger partial charge is 0.254 e. The monoisotopic (exact) mass is 277 g/mol. The molecule has 0 aromatic heterocycles. The Hall–Kier alpha value is -2.24. The van der Waals surface area contributed by atoms with Crippen LogP contribution in [0.25, 0.3) is 0 Å². The first-order valence-electron chi connectivity index (χ1n) is 6.64. The van der Waals surface area contributed by atoms with Gasteiger partial charge in [-0.05, 0) is 37.5 Å². The van der Waals surface area contributed by atoms with Gasteiger partial charge in [-0.1, -0.05) is 0 Å². The molecule has 1 saturated heterocycles. The van der Waals surface area contributed by atoms with Gasteiger partial charge in [-0.2, -0.15) is 0 Å². The third-order valence-corrected chi connectivity index (χ3v) is 3.35. The number of rotatable bonds is 3. The molecule has 1 aliphatic rings. The largest absolute Gasteiger partial charge is 0.497 e. The number of methoxy groups -OCH3 is 1. The van der Waals surface area contributed by atoms with Gasteiger partial charge in [-0.15, -0.1) is 0 Å². The fourth-order valence-electron chi connectivity index (χ4n) is 2.17. The quantitative estimate of drug-likeness (QED) is 0.708. The summed E-state index contributed by atoms with van der Waals surface area (Å²) in [7, 11) is 1.52. The molecule has 4 N–H and O–H groups in total. The standard InChI is InChI=1S/C14H19N3O3/c1-20-9-5-6-11(15)10(8-9)13(18)17-12-4-2-3-7-16-14(12)19/h5-6,8,12H,2-4,7,15H2,1H3,(H,16,19)(H,17,18). The van der Waals surface area contributed by atoms with Gasteiger partial charge in [0.1, 0.15) is 11.8 Å². The van der Waals surface area contributed by atoms with Crippen molar-refractivity contribution in [2.45, 2.75) is 25.3 Å². The Labute approximate surface area is 117 Å². The highest BCUT2D eigenvalue weighted by Crippen LogP contribution is 2.19. The van der Waals surface area contributed by atoms with E-state index in [1.165, 1.54) is 7.11 Å². The van der Waals surface area contributed by atoms with Crippen molar-refractivity contribution < 1.29 is 14.3 Å². The van der Waals surface area contributed by atoms with Crippen molar-refractivity contribution >= 4 is 17.5 Å². The highest BCUT2D eigenvalue weighted by atomic mass is 16.5. The molecule has 0 spiro atoms. The van der Waals surface area contributed by atoms with Crippen LogP contribution in [-0.4, -0.2) is 31.5 Å². The summed E-state index contributed by atoms with van der Waals surface area (Å²) in [5, 5.41) is 5.51. The second-order valence-corrected chi connectivity index (χ2v) is 4.77. The average Bonchev–Trinajstić information content (AvgIpc) is 2.64. The number of hydrogen-bond acceptors (Lipinski definition) is 4. The molecule has 108 valence electrons. The van der Waals surface area contributed by atoms with Crippen molar-refractivity contribution in [3.63, 3.8) is 0 Å². The second kappa shape index (κ2) is 6.27. The van der Waals surface area contributed by atoms with E-state index in [0.717, 1.165) is 12.8 Å². The second-order valence-electron chi connectivity index (χ2n) is 4.77. The van der Waals surface area contributed by atoms with Gasteiger partial charge in [0.05, 0.1) is 12.7 Å². The normalized spacial score (nSPS) is 18.9. The van der Waals surface area contributed by atoms with Crippen LogP contribution in [0.15, 0.2) is 18.2 Å². The van der Waals surface area contributed by atoms with E-state index in [0.29, 0.717) is 30.0 Å². The molecule has 6 nitrogen and oxygen atoms in total. The summed E-state index contributed by atoms with van der Waals surface area (Å²) < 4.78 is 5.08. The van der Waals surface area contributed by atoms with Gasteiger partial charge >= 0.3 is 0 Å². The number of nitrogens with two attached hydrogens (primary N) is 1. The minimum atomic E-state index is -0.504. The highest BCUT2D eigenvalue weighted by molar-refractivity contribution is 6.01. The topological polar surface area (TPSA) is 93.4 Å². The van der Waals surface area contributed by atoms with E-state index in [4.69, 9.17) is 10.5 Å². The number of anilines is 1. The lowest BCUT2D eigenvalue weighted by Gasteiger charge is -2.16. The number of carbonyl (C=O) groups excluding carboxylic acids is 2. The lowest BCUT2D eigenvalue weighted by molar-refractivity contribution is -0.122. The van der Waals surface area contributed by atoms with Crippen LogP contribution in [-0.2, 0) is 4.79 Å². The Morgan fingerprint density at radius 2 is 2.25 bits per heavy atom. The van der Waals surface area contributed by atoms with Gasteiger partial charge in [-0.3, -0.25) is 9.59 Å². The molecule has 1 aromatic carbocycles. The number of ether oxygens (including phenoxy) is 1. The maximum atomic E-state index is 12.2. The third-order valence-electron chi connectivity index (χ3n) is 3.35. The Morgan fingerprint density at radius 1 is 1.45 bits per heavy atom. The number of amides is 2. The van der Waals surface area contributed by atoms with E-state index in [2.05, 4.69) is 10.6 Å². The minimum absolute atomic E-state index is 0.141. The van der Waals surface area contributed by atoms with Crippen molar-refractivity contribution in [1.29, 1.82) is 0 Å². The zero-order valence-electron chi connectivity index (χ0n) is 11.4. The van der Waals surface area contributed by atoms with Crippen molar-refractivity contribution in [3.8, 4) is 5.75 Å². The molecule has 1 fully saturated rings. The van der Waals surface area contributed by atoms with Crippen LogP contribution in [0.3, 0.4) is 0 Å². The van der Waals surface area contributed by atoms with E-state index in [1.54, 1.807) is 18.2 Å². The maximum absolute atomic E-state index is 12.2. The lowest BCUT2D eigenvalue weighted by atomic mass is 10.1. The van der Waals surface area contributed by atoms with Gasteiger partial charge in [0.25, 0.3) is 5.91 Å². The molecule has 0 bridgehead atoms. The fourth-order valence-corrected chi connectivity index (χ4v) is 2.17. The molecule has 1 atom stereocenters. The van der Waals surface area contributed by atoms with E-state index < -0.39 is 6.04 Å². The van der Waals surface area contributed by atoms with E-state index in [-0.39, 0.29) is 11.8 Å². The zero-order chi connectivity index (χ0) is 14.5. The molecule has 6 heteroatoms. The Kier molecular flexibility index (Phi) is 4.45. The molecule has 1 heterocycles. The summed E-state index contributed by atoms with van der Waals surface area (Å²) in [5.74, 6) is 0.0513. The van der Waals surface area contributed by atoms with Crippen LogP contribution in [0.5, 0.6) is 5.75 Å². The molecular weight excluding hydrogens is 258 g/mol. The first-order chi connectivity index (χ1) is 9.61. The van der Waals surface area contributed by atoms with Gasteiger partial charge in [0.15, 0.2) is 0 Å². The predicted molar refractivity (Wildman–Crippen MR) is 75.5 cm³/mol. The van der Waals surface area contributed by atoms with Gasteiger partial charge < -0.3 is 21.1 Å². The molecule has 0 saturated carbocycles. The maximum Gasteiger partial charge on any atom is 0.254 e. The van der Waals surface area contributed by atoms with Gasteiger partial charge in [0.2, 0.25) is 5.91 Å². The number of benzene rings is 1. The zero-order valence-corrected chi connectivity index (χ0v) is 11.4. The van der Waals surface area contributed by atoms with Crippen molar-refractivity contribution in [2.75, 3.05) is 19.4 Å². The first kappa shape index (κ1) is 14.2. The van der Waals surface area contributed by atoms with Crippen LogP contribution in [0.4, 0.5) is 5.69 Å². The van der Waals surface area contributed by atoms with Crippen molar-refractivity contribution in [1.82, 2.24) is 10.6 Å². The van der Waals surface area contributed by atoms with Gasteiger partial charge in [-0.25, -0.2) is 0 Å². The summed E-state index contributed by atoms with van der Waals surface area (Å²) >= 11 is 0. The summed E-state index contributed by atoms with van der Waals surface area (Å²) in [4.78, 5) is 24.0. The van der Waals surface area contributed by atoms with Crippen LogP contribution in [0.1, 0.15) is 29.6 Å². The Balaban J connectivity index is 2.12. The molecule has 1 aromatic rings. The number of hydrogen-bond donors (Lipinski definition) is 3. The summed E-state index contributed by atoms with van der Waals surface area (Å²) in [6, 6.07) is 4.36. The number of carbonyl (C=O) groups is 2. The predicted octanol–water partition coefficient (Wildman–Crippen LogP) is 0.676. The minimum Gasteiger partial charge on any atom is -0.497 e. The average molecular weight is 277 g/mol. The van der Waals surface area contributed by atoms with E-state index in [9.17, 15) is 9.59 Å². The molecule has 0 radical (unpaired) electrons. The van der Waals surface area contributed by atoms with Crippen LogP contribution >= 0.6 is 0 Å². The molecule has 20 heavy (non-hydrogen) atoms. The summed E-state index contributed by atoms with van der Waals surface area (Å²) in [5.41, 5.74) is 6.48. The summed E-state index contributed by atoms with van der Waals surface area (Å²) in [6.45, 7) is 0.659. The molecule has 1 aliphatic heterocycles. The molecule has 1 unspecified atom stereocenters. The first-order valence-corrected chi connectivity index (χ1v) is 6.64. The highest BCUT2D eigenvalue weighted by Gasteiger charge is 2.23. The number of nitrogens with one attached hydrogen (secondary N) is 2. The molecule has 2 rings (SSSR count). The van der Waals surface area contributed by atoms with Crippen LogP contribution in [0, 0.1) is 0 Å².